The van der Waals surface area contributed by atoms with E-state index in [0.717, 1.165) is 26.2 Å². The summed E-state index contributed by atoms with van der Waals surface area (Å²) < 4.78 is 5.18. The van der Waals surface area contributed by atoms with Gasteiger partial charge in [0.15, 0.2) is 0 Å². The average Bonchev–Trinajstić information content (AvgIpc) is 2.36. The second-order valence-corrected chi connectivity index (χ2v) is 5.09. The van der Waals surface area contributed by atoms with Gasteiger partial charge in [-0.1, -0.05) is 38.1 Å². The first-order chi connectivity index (χ1) is 8.67. The van der Waals surface area contributed by atoms with Crippen molar-refractivity contribution in [1.29, 1.82) is 0 Å². The Morgan fingerprint density at radius 3 is 2.44 bits per heavy atom. The van der Waals surface area contributed by atoms with E-state index in [1.807, 2.05) is 6.07 Å². The van der Waals surface area contributed by atoms with Crippen molar-refractivity contribution in [1.82, 2.24) is 4.90 Å². The zero-order valence-electron chi connectivity index (χ0n) is 11.9. The first-order valence-electron chi connectivity index (χ1n) is 6.65. The Balaban J connectivity index is 2.68. The predicted molar refractivity (Wildman–Crippen MR) is 76.3 cm³/mol. The molecule has 1 aromatic carbocycles. The van der Waals surface area contributed by atoms with Gasteiger partial charge in [0.1, 0.15) is 0 Å². The Labute approximate surface area is 111 Å². The van der Waals surface area contributed by atoms with Gasteiger partial charge in [0.25, 0.3) is 0 Å². The van der Waals surface area contributed by atoms with Crippen molar-refractivity contribution in [3.05, 3.63) is 35.4 Å². The van der Waals surface area contributed by atoms with E-state index in [1.54, 1.807) is 7.11 Å². The minimum atomic E-state index is 0.607. The highest BCUT2D eigenvalue weighted by Gasteiger charge is 2.10. The number of hydrogen-bond acceptors (Lipinski definition) is 3. The van der Waals surface area contributed by atoms with Crippen molar-refractivity contribution in [2.24, 2.45) is 11.7 Å². The first kappa shape index (κ1) is 15.2. The highest BCUT2D eigenvalue weighted by Crippen LogP contribution is 2.12. The molecule has 0 fully saturated rings. The molecule has 0 saturated heterocycles. The molecule has 0 atom stereocenters. The van der Waals surface area contributed by atoms with Gasteiger partial charge in [-0.05, 0) is 17.0 Å². The summed E-state index contributed by atoms with van der Waals surface area (Å²) in [5.41, 5.74) is 8.35. The zero-order chi connectivity index (χ0) is 13.4. The summed E-state index contributed by atoms with van der Waals surface area (Å²) in [4.78, 5) is 2.43. The third-order valence-corrected chi connectivity index (χ3v) is 2.97. The lowest BCUT2D eigenvalue weighted by Crippen LogP contribution is -2.31. The minimum Gasteiger partial charge on any atom is -0.383 e. The molecule has 0 radical (unpaired) electrons. The quantitative estimate of drug-likeness (QED) is 0.769. The summed E-state index contributed by atoms with van der Waals surface area (Å²) in [6.07, 6.45) is 0. The lowest BCUT2D eigenvalue weighted by atomic mass is 10.1. The van der Waals surface area contributed by atoms with Crippen LogP contribution in [0.3, 0.4) is 0 Å². The van der Waals surface area contributed by atoms with E-state index in [4.69, 9.17) is 10.5 Å². The summed E-state index contributed by atoms with van der Waals surface area (Å²) in [5.74, 6) is 0.659. The molecule has 0 bridgehead atoms. The van der Waals surface area contributed by atoms with Crippen LogP contribution >= 0.6 is 0 Å². The highest BCUT2D eigenvalue weighted by molar-refractivity contribution is 5.26. The summed E-state index contributed by atoms with van der Waals surface area (Å²) >= 11 is 0. The summed E-state index contributed by atoms with van der Waals surface area (Å²) in [6.45, 7) is 8.88. The molecule has 1 rings (SSSR count). The van der Waals surface area contributed by atoms with Crippen LogP contribution in [0.5, 0.6) is 0 Å². The second-order valence-electron chi connectivity index (χ2n) is 5.09. The van der Waals surface area contributed by atoms with Crippen LogP contribution in [0.2, 0.25) is 0 Å². The number of nitrogens with zero attached hydrogens (tertiary/aromatic N) is 1. The molecular weight excluding hydrogens is 224 g/mol. The average molecular weight is 250 g/mol. The Hall–Kier alpha value is -0.900. The molecule has 18 heavy (non-hydrogen) atoms. The van der Waals surface area contributed by atoms with Crippen LogP contribution < -0.4 is 5.73 Å². The van der Waals surface area contributed by atoms with E-state index < -0.39 is 0 Å². The molecule has 2 N–H and O–H groups in total. The normalized spacial score (nSPS) is 11.4. The van der Waals surface area contributed by atoms with E-state index in [-0.39, 0.29) is 0 Å². The van der Waals surface area contributed by atoms with Crippen molar-refractivity contribution < 1.29 is 4.74 Å². The van der Waals surface area contributed by atoms with Crippen LogP contribution in [-0.4, -0.2) is 31.7 Å². The van der Waals surface area contributed by atoms with Crippen molar-refractivity contribution in [2.45, 2.75) is 26.9 Å². The zero-order valence-corrected chi connectivity index (χ0v) is 11.9. The fourth-order valence-electron chi connectivity index (χ4n) is 2.12. The summed E-state index contributed by atoms with van der Waals surface area (Å²) in [6, 6.07) is 8.41. The Kier molecular flexibility index (Phi) is 6.94. The number of benzene rings is 1. The van der Waals surface area contributed by atoms with Gasteiger partial charge in [0.05, 0.1) is 6.61 Å². The maximum absolute atomic E-state index is 5.78. The number of rotatable bonds is 8. The van der Waals surface area contributed by atoms with E-state index >= 15 is 0 Å². The van der Waals surface area contributed by atoms with Gasteiger partial charge in [-0.2, -0.15) is 0 Å². The van der Waals surface area contributed by atoms with Crippen LogP contribution in [0.25, 0.3) is 0 Å². The van der Waals surface area contributed by atoms with Crippen molar-refractivity contribution in [3.8, 4) is 0 Å². The Bertz CT molecular complexity index is 339. The Morgan fingerprint density at radius 2 is 1.89 bits per heavy atom. The molecule has 0 aliphatic rings. The highest BCUT2D eigenvalue weighted by atomic mass is 16.5. The molecule has 3 nitrogen and oxygen atoms in total. The smallest absolute Gasteiger partial charge is 0.0589 e. The van der Waals surface area contributed by atoms with Gasteiger partial charge in [0, 0.05) is 33.3 Å². The largest absolute Gasteiger partial charge is 0.383 e. The van der Waals surface area contributed by atoms with Crippen LogP contribution in [-0.2, 0) is 17.8 Å². The molecule has 0 saturated carbocycles. The van der Waals surface area contributed by atoms with Crippen LogP contribution in [0.1, 0.15) is 25.0 Å². The molecule has 0 unspecified atom stereocenters. The molecule has 1 aromatic rings. The summed E-state index contributed by atoms with van der Waals surface area (Å²) in [7, 11) is 1.75. The number of ether oxygens (including phenoxy) is 1. The predicted octanol–water partition coefficient (Wildman–Crippen LogP) is 2.25. The minimum absolute atomic E-state index is 0.607. The third kappa shape index (κ3) is 5.17. The maximum atomic E-state index is 5.78. The molecule has 0 heterocycles. The van der Waals surface area contributed by atoms with E-state index in [2.05, 4.69) is 36.9 Å². The van der Waals surface area contributed by atoms with Crippen molar-refractivity contribution >= 4 is 0 Å². The van der Waals surface area contributed by atoms with Gasteiger partial charge < -0.3 is 10.5 Å². The molecule has 102 valence electrons. The van der Waals surface area contributed by atoms with Crippen molar-refractivity contribution in [3.63, 3.8) is 0 Å². The van der Waals surface area contributed by atoms with Gasteiger partial charge in [-0.15, -0.1) is 0 Å². The topological polar surface area (TPSA) is 38.5 Å². The summed E-state index contributed by atoms with van der Waals surface area (Å²) in [5, 5.41) is 0. The standard InChI is InChI=1S/C15H26N2O/c1-13(2)11-17(8-9-18-3)12-15-7-5-4-6-14(15)10-16/h4-7,13H,8-12,16H2,1-3H3. The number of nitrogens with two attached hydrogens (primary N) is 1. The molecule has 0 amide bonds. The van der Waals surface area contributed by atoms with Crippen LogP contribution in [0.15, 0.2) is 24.3 Å². The molecule has 3 heteroatoms. The van der Waals surface area contributed by atoms with Crippen molar-refractivity contribution in [2.75, 3.05) is 26.8 Å². The number of hydrogen-bond donors (Lipinski definition) is 1. The van der Waals surface area contributed by atoms with Gasteiger partial charge in [-0.3, -0.25) is 4.90 Å². The monoisotopic (exact) mass is 250 g/mol. The maximum Gasteiger partial charge on any atom is 0.0589 e. The lowest BCUT2D eigenvalue weighted by molar-refractivity contribution is 0.136. The number of methoxy groups -OCH3 is 1. The fourth-order valence-corrected chi connectivity index (χ4v) is 2.12. The van der Waals surface area contributed by atoms with Gasteiger partial charge >= 0.3 is 0 Å². The first-order valence-corrected chi connectivity index (χ1v) is 6.65. The third-order valence-electron chi connectivity index (χ3n) is 2.97. The van der Waals surface area contributed by atoms with Crippen LogP contribution in [0.4, 0.5) is 0 Å². The molecular formula is C15H26N2O. The van der Waals surface area contributed by atoms with Crippen LogP contribution in [0, 0.1) is 5.92 Å². The van der Waals surface area contributed by atoms with E-state index in [0.29, 0.717) is 12.5 Å². The van der Waals surface area contributed by atoms with Gasteiger partial charge in [-0.25, -0.2) is 0 Å². The molecule has 0 aliphatic heterocycles. The van der Waals surface area contributed by atoms with E-state index in [1.165, 1.54) is 11.1 Å². The van der Waals surface area contributed by atoms with E-state index in [9.17, 15) is 0 Å². The van der Waals surface area contributed by atoms with Gasteiger partial charge in [0.2, 0.25) is 0 Å². The fraction of sp³-hybridized carbons (Fsp3) is 0.600. The Morgan fingerprint density at radius 1 is 1.22 bits per heavy atom. The molecule has 0 aromatic heterocycles. The lowest BCUT2D eigenvalue weighted by Gasteiger charge is -2.25. The SMILES string of the molecule is COCCN(Cc1ccccc1CN)CC(C)C. The molecule has 0 spiro atoms. The second kappa shape index (κ2) is 8.25. The molecule has 0 aliphatic carbocycles.